The molecule has 0 saturated carbocycles. The molecular weight excluding hydrogens is 431 g/mol. The Hall–Kier alpha value is -2.86. The van der Waals surface area contributed by atoms with Crippen molar-refractivity contribution in [2.75, 3.05) is 5.32 Å². The predicted molar refractivity (Wildman–Crippen MR) is 117 cm³/mol. The van der Waals surface area contributed by atoms with Crippen LogP contribution in [0.4, 0.5) is 5.69 Å². The average Bonchev–Trinajstić information content (AvgIpc) is 3.22. The second-order valence-corrected chi connectivity index (χ2v) is 7.33. The van der Waals surface area contributed by atoms with Crippen LogP contribution in [0.5, 0.6) is 0 Å². The zero-order chi connectivity index (χ0) is 20.4. The second-order valence-electron chi connectivity index (χ2n) is 6.16. The fourth-order valence-electron chi connectivity index (χ4n) is 2.76. The van der Waals surface area contributed by atoms with Crippen molar-refractivity contribution >= 4 is 46.4 Å². The van der Waals surface area contributed by atoms with Crippen molar-refractivity contribution in [2.24, 2.45) is 0 Å². The molecule has 29 heavy (non-hydrogen) atoms. The molecule has 8 heteroatoms. The van der Waals surface area contributed by atoms with Crippen molar-refractivity contribution in [1.82, 2.24) is 15.0 Å². The normalized spacial score (nSPS) is 10.7. The summed E-state index contributed by atoms with van der Waals surface area (Å²) in [5.74, 6) is 0.231. The van der Waals surface area contributed by atoms with Crippen LogP contribution in [-0.2, 0) is 0 Å². The Morgan fingerprint density at radius 1 is 0.897 bits per heavy atom. The first-order valence-electron chi connectivity index (χ1n) is 8.54. The highest BCUT2D eigenvalue weighted by molar-refractivity contribution is 6.41. The number of nitrogens with zero attached hydrogens (tertiary/aromatic N) is 2. The number of H-pyrrole nitrogens is 1. The molecule has 2 heterocycles. The van der Waals surface area contributed by atoms with Crippen LogP contribution in [0.1, 0.15) is 10.4 Å². The molecule has 0 radical (unpaired) electrons. The van der Waals surface area contributed by atoms with Crippen molar-refractivity contribution in [3.05, 3.63) is 87.8 Å². The van der Waals surface area contributed by atoms with Crippen LogP contribution in [0.2, 0.25) is 15.2 Å². The molecule has 2 aromatic heterocycles. The van der Waals surface area contributed by atoms with Gasteiger partial charge < -0.3 is 10.3 Å². The lowest BCUT2D eigenvalue weighted by Gasteiger charge is -2.08. The van der Waals surface area contributed by atoms with Crippen molar-refractivity contribution in [3.63, 3.8) is 0 Å². The zero-order valence-corrected chi connectivity index (χ0v) is 17.1. The number of hydrogen-bond acceptors (Lipinski definition) is 3. The molecule has 0 bridgehead atoms. The maximum atomic E-state index is 12.5. The number of imidazole rings is 1. The number of anilines is 1. The summed E-state index contributed by atoms with van der Waals surface area (Å²) in [6.45, 7) is 0. The maximum absolute atomic E-state index is 12.5. The van der Waals surface area contributed by atoms with Gasteiger partial charge in [0.15, 0.2) is 0 Å². The standard InChI is InChI=1S/C21H13Cl3N4O/c22-16-7-6-14(27-21(29)13-8-17(23)19(24)25-10-13)9-15(16)20-26-11-18(28-20)12-4-2-1-3-5-12/h1-11H,(H,26,28)(H,27,29). The summed E-state index contributed by atoms with van der Waals surface area (Å²) in [6.07, 6.45) is 3.10. The van der Waals surface area contributed by atoms with Gasteiger partial charge in [0, 0.05) is 17.4 Å². The van der Waals surface area contributed by atoms with E-state index in [1.807, 2.05) is 30.3 Å². The minimum absolute atomic E-state index is 0.143. The van der Waals surface area contributed by atoms with Gasteiger partial charge in [0.25, 0.3) is 5.91 Å². The van der Waals surface area contributed by atoms with Gasteiger partial charge in [0.1, 0.15) is 11.0 Å². The molecule has 0 aliphatic rings. The zero-order valence-electron chi connectivity index (χ0n) is 14.8. The minimum atomic E-state index is -0.367. The van der Waals surface area contributed by atoms with Crippen LogP contribution in [0.15, 0.2) is 67.0 Å². The summed E-state index contributed by atoms with van der Waals surface area (Å²) < 4.78 is 0. The number of hydrogen-bond donors (Lipinski definition) is 2. The first kappa shape index (κ1) is 19.5. The first-order chi connectivity index (χ1) is 14.0. The lowest BCUT2D eigenvalue weighted by molar-refractivity contribution is 0.102. The molecule has 0 atom stereocenters. The smallest absolute Gasteiger partial charge is 0.257 e. The molecule has 4 aromatic rings. The Morgan fingerprint density at radius 3 is 2.45 bits per heavy atom. The van der Waals surface area contributed by atoms with Crippen LogP contribution in [-0.4, -0.2) is 20.9 Å². The van der Waals surface area contributed by atoms with E-state index in [0.717, 1.165) is 11.3 Å². The molecule has 1 amide bonds. The number of carbonyl (C=O) groups is 1. The Morgan fingerprint density at radius 2 is 1.69 bits per heavy atom. The monoisotopic (exact) mass is 442 g/mol. The van der Waals surface area contributed by atoms with Crippen molar-refractivity contribution in [3.8, 4) is 22.6 Å². The summed E-state index contributed by atoms with van der Waals surface area (Å²) in [7, 11) is 0. The van der Waals surface area contributed by atoms with Crippen molar-refractivity contribution < 1.29 is 4.79 Å². The predicted octanol–water partition coefficient (Wildman–Crippen LogP) is 6.35. The highest BCUT2D eigenvalue weighted by Gasteiger charge is 2.13. The largest absolute Gasteiger partial charge is 0.338 e. The van der Waals surface area contributed by atoms with E-state index in [-0.39, 0.29) is 16.1 Å². The van der Waals surface area contributed by atoms with E-state index in [1.54, 1.807) is 24.4 Å². The van der Waals surface area contributed by atoms with E-state index in [1.165, 1.54) is 12.3 Å². The van der Waals surface area contributed by atoms with E-state index >= 15 is 0 Å². The van der Waals surface area contributed by atoms with Crippen LogP contribution in [0.3, 0.4) is 0 Å². The van der Waals surface area contributed by atoms with Crippen LogP contribution in [0.25, 0.3) is 22.6 Å². The molecule has 0 unspecified atom stereocenters. The second kappa shape index (κ2) is 8.25. The summed E-state index contributed by atoms with van der Waals surface area (Å²) in [5, 5.41) is 3.66. The quantitative estimate of drug-likeness (QED) is 0.361. The molecule has 2 N–H and O–H groups in total. The molecule has 0 saturated heterocycles. The molecule has 0 fully saturated rings. The number of nitrogens with one attached hydrogen (secondary N) is 2. The summed E-state index contributed by atoms with van der Waals surface area (Å²) in [4.78, 5) is 24.1. The van der Waals surface area contributed by atoms with E-state index in [4.69, 9.17) is 34.8 Å². The van der Waals surface area contributed by atoms with Gasteiger partial charge in [-0.1, -0.05) is 65.1 Å². The summed E-state index contributed by atoms with van der Waals surface area (Å²) in [5.41, 5.74) is 3.39. The number of carbonyl (C=O) groups excluding carboxylic acids is 1. The Balaban J connectivity index is 1.60. The fourth-order valence-corrected chi connectivity index (χ4v) is 3.23. The minimum Gasteiger partial charge on any atom is -0.338 e. The highest BCUT2D eigenvalue weighted by atomic mass is 35.5. The van der Waals surface area contributed by atoms with Gasteiger partial charge >= 0.3 is 0 Å². The lowest BCUT2D eigenvalue weighted by atomic mass is 10.1. The Labute approximate surface area is 181 Å². The van der Waals surface area contributed by atoms with Crippen molar-refractivity contribution in [2.45, 2.75) is 0 Å². The van der Waals surface area contributed by atoms with Gasteiger partial charge in [-0.2, -0.15) is 0 Å². The van der Waals surface area contributed by atoms with Crippen LogP contribution < -0.4 is 5.32 Å². The highest BCUT2D eigenvalue weighted by Crippen LogP contribution is 2.30. The maximum Gasteiger partial charge on any atom is 0.257 e. The summed E-state index contributed by atoms with van der Waals surface area (Å²) in [6, 6.07) is 16.4. The molecule has 4 rings (SSSR count). The SMILES string of the molecule is O=C(Nc1ccc(Cl)c(-c2ncc(-c3ccccc3)[nH]2)c1)c1cnc(Cl)c(Cl)c1. The average molecular weight is 444 g/mol. The summed E-state index contributed by atoms with van der Waals surface area (Å²) >= 11 is 18.1. The third-order valence-corrected chi connectivity index (χ3v) is 5.21. The lowest BCUT2D eigenvalue weighted by Crippen LogP contribution is -2.12. The third-order valence-electron chi connectivity index (χ3n) is 4.20. The topological polar surface area (TPSA) is 70.7 Å². The number of pyridine rings is 1. The Bertz CT molecular complexity index is 1190. The van der Waals surface area contributed by atoms with Crippen molar-refractivity contribution in [1.29, 1.82) is 0 Å². The van der Waals surface area contributed by atoms with E-state index in [2.05, 4.69) is 20.3 Å². The van der Waals surface area contributed by atoms with Gasteiger partial charge in [-0.15, -0.1) is 0 Å². The molecule has 0 aliphatic carbocycles. The van der Waals surface area contributed by atoms with Gasteiger partial charge in [-0.3, -0.25) is 4.79 Å². The Kier molecular flexibility index (Phi) is 5.53. The first-order valence-corrected chi connectivity index (χ1v) is 9.67. The molecule has 0 aliphatic heterocycles. The molecule has 144 valence electrons. The van der Waals surface area contributed by atoms with Crippen LogP contribution in [0, 0.1) is 0 Å². The third kappa shape index (κ3) is 4.27. The van der Waals surface area contributed by atoms with Gasteiger partial charge in [0.2, 0.25) is 0 Å². The van der Waals surface area contributed by atoms with Gasteiger partial charge in [-0.05, 0) is 29.8 Å². The molecular formula is C21H13Cl3N4O. The molecule has 2 aromatic carbocycles. The van der Waals surface area contributed by atoms with E-state index in [0.29, 0.717) is 27.7 Å². The number of rotatable bonds is 4. The van der Waals surface area contributed by atoms with Gasteiger partial charge in [0.05, 0.1) is 27.5 Å². The van der Waals surface area contributed by atoms with E-state index < -0.39 is 0 Å². The van der Waals surface area contributed by atoms with E-state index in [9.17, 15) is 4.79 Å². The number of benzene rings is 2. The molecule has 0 spiro atoms. The van der Waals surface area contributed by atoms with Gasteiger partial charge in [-0.25, -0.2) is 9.97 Å². The molecule has 5 nitrogen and oxygen atoms in total. The number of aromatic nitrogens is 3. The fraction of sp³-hybridized carbons (Fsp3) is 0. The van der Waals surface area contributed by atoms with Crippen LogP contribution >= 0.6 is 34.8 Å². The number of aromatic amines is 1. The number of halogens is 3. The number of amides is 1.